The molecule has 42 heavy (non-hydrogen) atoms. The maximum atomic E-state index is 15.8. The largest absolute Gasteiger partial charge is 0.496 e. The number of nitrogens with one attached hydrogen (secondary N) is 1. The molecule has 0 radical (unpaired) electrons. The van der Waals surface area contributed by atoms with E-state index in [-0.39, 0.29) is 34.2 Å². The fourth-order valence-corrected chi connectivity index (χ4v) is 5.34. The van der Waals surface area contributed by atoms with Gasteiger partial charge in [0.25, 0.3) is 5.91 Å². The molecule has 1 aliphatic heterocycles. The normalized spacial score (nSPS) is 14.9. The number of methoxy groups -OCH3 is 1. The van der Waals surface area contributed by atoms with Crippen LogP contribution in [-0.4, -0.2) is 51.7 Å². The van der Waals surface area contributed by atoms with Crippen LogP contribution in [0.15, 0.2) is 61.1 Å². The number of carbonyl (C=O) groups excluding carboxylic acids is 1. The van der Waals surface area contributed by atoms with E-state index in [9.17, 15) is 13.6 Å². The first-order valence-corrected chi connectivity index (χ1v) is 13.2. The van der Waals surface area contributed by atoms with Crippen molar-refractivity contribution in [3.8, 4) is 28.4 Å². The third-order valence-corrected chi connectivity index (χ3v) is 7.40. The van der Waals surface area contributed by atoms with Crippen molar-refractivity contribution in [1.29, 1.82) is 0 Å². The van der Waals surface area contributed by atoms with Gasteiger partial charge in [-0.05, 0) is 42.8 Å². The van der Waals surface area contributed by atoms with Crippen LogP contribution in [0, 0.1) is 17.5 Å². The topological polar surface area (TPSA) is 111 Å². The van der Waals surface area contributed by atoms with Gasteiger partial charge in [0, 0.05) is 38.6 Å². The highest BCUT2D eigenvalue weighted by Gasteiger charge is 2.28. The van der Waals surface area contributed by atoms with E-state index in [0.717, 1.165) is 18.7 Å². The Kier molecular flexibility index (Phi) is 6.99. The molecule has 3 N–H and O–H groups in total. The van der Waals surface area contributed by atoms with Gasteiger partial charge in [-0.25, -0.2) is 18.2 Å². The van der Waals surface area contributed by atoms with Crippen LogP contribution in [0.1, 0.15) is 16.8 Å². The van der Waals surface area contributed by atoms with Crippen molar-refractivity contribution in [3.05, 3.63) is 84.1 Å². The number of nitrogens with two attached hydrogens (primary N) is 1. The van der Waals surface area contributed by atoms with Crippen molar-refractivity contribution in [1.82, 2.24) is 19.5 Å². The van der Waals surface area contributed by atoms with Crippen molar-refractivity contribution in [2.75, 3.05) is 30.4 Å². The molecule has 1 fully saturated rings. The summed E-state index contributed by atoms with van der Waals surface area (Å²) in [5, 5.41) is 2.81. The first-order valence-electron chi connectivity index (χ1n) is 13.2. The lowest BCUT2D eigenvalue weighted by atomic mass is 10.1. The number of amides is 1. The molecular formula is C30H26F3N7O2. The summed E-state index contributed by atoms with van der Waals surface area (Å²) < 4.78 is 52.1. The number of aryl methyl sites for hydroxylation is 1. The molecule has 1 unspecified atom stereocenters. The zero-order chi connectivity index (χ0) is 29.5. The van der Waals surface area contributed by atoms with Crippen LogP contribution < -0.4 is 20.7 Å². The Morgan fingerprint density at radius 1 is 1.10 bits per heavy atom. The van der Waals surface area contributed by atoms with Crippen LogP contribution in [-0.2, 0) is 7.05 Å². The summed E-state index contributed by atoms with van der Waals surface area (Å²) in [6.07, 6.45) is 4.56. The highest BCUT2D eigenvalue weighted by Crippen LogP contribution is 2.39. The number of pyridine rings is 2. The van der Waals surface area contributed by atoms with Crippen molar-refractivity contribution in [2.45, 2.75) is 12.5 Å². The third kappa shape index (κ3) is 4.59. The van der Waals surface area contributed by atoms with E-state index in [1.807, 2.05) is 4.90 Å². The molecule has 6 rings (SSSR count). The Bertz CT molecular complexity index is 1840. The van der Waals surface area contributed by atoms with Crippen LogP contribution in [0.25, 0.3) is 33.7 Å². The van der Waals surface area contributed by atoms with Gasteiger partial charge in [0.15, 0.2) is 11.6 Å². The van der Waals surface area contributed by atoms with E-state index in [1.165, 1.54) is 37.7 Å². The van der Waals surface area contributed by atoms with Gasteiger partial charge in [-0.15, -0.1) is 0 Å². The van der Waals surface area contributed by atoms with Crippen LogP contribution in [0.5, 0.6) is 5.75 Å². The highest BCUT2D eigenvalue weighted by molar-refractivity contribution is 6.10. The van der Waals surface area contributed by atoms with Gasteiger partial charge in [0.05, 0.1) is 46.9 Å². The van der Waals surface area contributed by atoms with E-state index in [0.29, 0.717) is 41.3 Å². The van der Waals surface area contributed by atoms with E-state index in [1.54, 1.807) is 29.8 Å². The second-order valence-electron chi connectivity index (χ2n) is 9.97. The van der Waals surface area contributed by atoms with Gasteiger partial charge in [0.2, 0.25) is 0 Å². The number of anilines is 2. The van der Waals surface area contributed by atoms with Crippen molar-refractivity contribution in [2.24, 2.45) is 12.8 Å². The number of halogens is 3. The minimum Gasteiger partial charge on any atom is -0.496 e. The van der Waals surface area contributed by atoms with Crippen molar-refractivity contribution in [3.63, 3.8) is 0 Å². The Morgan fingerprint density at radius 3 is 2.67 bits per heavy atom. The number of benzene rings is 2. The van der Waals surface area contributed by atoms with E-state index in [2.05, 4.69) is 15.3 Å². The second-order valence-corrected chi connectivity index (χ2v) is 9.97. The molecule has 0 aliphatic carbocycles. The van der Waals surface area contributed by atoms with Crippen molar-refractivity contribution >= 4 is 28.3 Å². The Hall–Kier alpha value is -4.97. The summed E-state index contributed by atoms with van der Waals surface area (Å²) in [7, 11) is 3.11. The number of rotatable bonds is 6. The third-order valence-electron chi connectivity index (χ3n) is 7.40. The summed E-state index contributed by atoms with van der Waals surface area (Å²) >= 11 is 0. The van der Waals surface area contributed by atoms with Crippen LogP contribution in [0.4, 0.5) is 24.5 Å². The number of nitrogens with zero attached hydrogens (tertiary/aromatic N) is 5. The summed E-state index contributed by atoms with van der Waals surface area (Å²) in [6.45, 7) is 1.10. The number of hydrogen-bond donors (Lipinski definition) is 2. The lowest BCUT2D eigenvalue weighted by Crippen LogP contribution is -2.27. The Labute approximate surface area is 238 Å². The quantitative estimate of drug-likeness (QED) is 0.297. The SMILES string of the molecule is COc1cccc(F)c1-c1nccc(C(=O)Nc2ccc3c(nc(-c4ccncc4F)n3C)c2N2CCC(N)C2)c1F. The predicted octanol–water partition coefficient (Wildman–Crippen LogP) is 4.91. The van der Waals surface area contributed by atoms with Crippen molar-refractivity contribution < 1.29 is 22.7 Å². The molecule has 5 aromatic rings. The molecule has 1 amide bonds. The maximum absolute atomic E-state index is 15.8. The maximum Gasteiger partial charge on any atom is 0.258 e. The molecule has 0 bridgehead atoms. The molecule has 12 heteroatoms. The summed E-state index contributed by atoms with van der Waals surface area (Å²) in [5.41, 5.74) is 7.76. The van der Waals surface area contributed by atoms with Gasteiger partial charge >= 0.3 is 0 Å². The summed E-state index contributed by atoms with van der Waals surface area (Å²) in [6, 6.07) is 10.2. The van der Waals surface area contributed by atoms with E-state index < -0.39 is 23.4 Å². The van der Waals surface area contributed by atoms with Crippen LogP contribution in [0.3, 0.4) is 0 Å². The Morgan fingerprint density at radius 2 is 1.93 bits per heavy atom. The smallest absolute Gasteiger partial charge is 0.258 e. The van der Waals surface area contributed by atoms with E-state index >= 15 is 4.39 Å². The lowest BCUT2D eigenvalue weighted by Gasteiger charge is -2.23. The van der Waals surface area contributed by atoms with Gasteiger partial charge < -0.3 is 25.3 Å². The molecule has 1 atom stereocenters. The number of aromatic nitrogens is 4. The molecule has 9 nitrogen and oxygen atoms in total. The molecule has 2 aromatic carbocycles. The lowest BCUT2D eigenvalue weighted by molar-refractivity contribution is 0.102. The monoisotopic (exact) mass is 573 g/mol. The van der Waals surface area contributed by atoms with Crippen LogP contribution >= 0.6 is 0 Å². The highest BCUT2D eigenvalue weighted by atomic mass is 19.1. The average molecular weight is 574 g/mol. The molecule has 0 saturated carbocycles. The number of fused-ring (bicyclic) bond motifs is 1. The zero-order valence-electron chi connectivity index (χ0n) is 22.7. The van der Waals surface area contributed by atoms with Gasteiger partial charge in [-0.2, -0.15) is 0 Å². The number of carbonyl (C=O) groups is 1. The van der Waals surface area contributed by atoms with E-state index in [4.69, 9.17) is 15.5 Å². The summed E-state index contributed by atoms with van der Waals surface area (Å²) in [4.78, 5) is 28.1. The average Bonchev–Trinajstić information content (AvgIpc) is 3.56. The Balaban J connectivity index is 1.45. The van der Waals surface area contributed by atoms with Gasteiger partial charge in [0.1, 0.15) is 28.6 Å². The van der Waals surface area contributed by atoms with Gasteiger partial charge in [-0.1, -0.05) is 6.07 Å². The molecule has 4 heterocycles. The first kappa shape index (κ1) is 27.2. The number of imidazole rings is 1. The number of hydrogen-bond acceptors (Lipinski definition) is 7. The van der Waals surface area contributed by atoms with Gasteiger partial charge in [-0.3, -0.25) is 14.8 Å². The first-order chi connectivity index (χ1) is 20.3. The molecule has 0 spiro atoms. The predicted molar refractivity (Wildman–Crippen MR) is 153 cm³/mol. The summed E-state index contributed by atoms with van der Waals surface area (Å²) in [5.74, 6) is -2.59. The fraction of sp³-hybridized carbons (Fsp3) is 0.200. The molecular weight excluding hydrogens is 547 g/mol. The minimum absolute atomic E-state index is 0.0775. The molecule has 214 valence electrons. The standard InChI is InChI=1S/C30H26F3N7O2/c1-39-22-7-6-21(28(40-13-10-16(34)15-40)26(22)38-29(39)17-8-11-35-14-20(17)32)37-30(41)18-9-12-36-27(25(18)33)24-19(31)4-3-5-23(24)42-2/h3-9,11-12,14,16H,10,13,15,34H2,1-2H3,(H,37,41). The second kappa shape index (κ2) is 10.8. The molecule has 1 aliphatic rings. The minimum atomic E-state index is -1.00. The molecule has 3 aromatic heterocycles. The fourth-order valence-electron chi connectivity index (χ4n) is 5.34. The molecule has 1 saturated heterocycles. The zero-order valence-corrected chi connectivity index (χ0v) is 22.7. The number of ether oxygens (including phenoxy) is 1. The van der Waals surface area contributed by atoms with Crippen LogP contribution in [0.2, 0.25) is 0 Å².